The summed E-state index contributed by atoms with van der Waals surface area (Å²) in [5.41, 5.74) is 0.836. The predicted molar refractivity (Wildman–Crippen MR) is 97.0 cm³/mol. The summed E-state index contributed by atoms with van der Waals surface area (Å²) in [7, 11) is 1.65. The van der Waals surface area contributed by atoms with Crippen LogP contribution >= 0.6 is 11.3 Å². The van der Waals surface area contributed by atoms with Crippen molar-refractivity contribution >= 4 is 16.5 Å². The first kappa shape index (κ1) is 16.6. The van der Waals surface area contributed by atoms with Crippen LogP contribution in [0.15, 0.2) is 18.2 Å². The van der Waals surface area contributed by atoms with Crippen LogP contribution in [0.4, 0.5) is 5.13 Å². The largest absolute Gasteiger partial charge is 0.497 e. The van der Waals surface area contributed by atoms with E-state index in [1.165, 1.54) is 0 Å². The number of hydrogen-bond acceptors (Lipinski definition) is 7. The van der Waals surface area contributed by atoms with Gasteiger partial charge in [-0.2, -0.15) is 0 Å². The van der Waals surface area contributed by atoms with Crippen LogP contribution in [0.25, 0.3) is 0 Å². The summed E-state index contributed by atoms with van der Waals surface area (Å²) in [6, 6.07) is 5.95. The Kier molecular flexibility index (Phi) is 4.08. The Morgan fingerprint density at radius 2 is 2.28 bits per heavy atom. The maximum atomic E-state index is 10.2. The van der Waals surface area contributed by atoms with Crippen molar-refractivity contribution in [3.8, 4) is 11.5 Å². The maximum Gasteiger partial charge on any atom is 0.208 e. The molecule has 4 rings (SSSR count). The third-order valence-corrected chi connectivity index (χ3v) is 6.55. The topological polar surface area (TPSA) is 67.7 Å². The molecule has 0 amide bonds. The number of hydrogen-bond donors (Lipinski definition) is 1. The smallest absolute Gasteiger partial charge is 0.208 e. The van der Waals surface area contributed by atoms with Crippen LogP contribution in [0.5, 0.6) is 11.5 Å². The lowest BCUT2D eigenvalue weighted by atomic mass is 9.74. The van der Waals surface area contributed by atoms with Crippen molar-refractivity contribution in [2.45, 2.75) is 25.7 Å². The Labute approximate surface area is 151 Å². The average molecular weight is 361 g/mol. The zero-order valence-electron chi connectivity index (χ0n) is 14.7. The molecule has 2 aromatic rings. The number of ether oxygens (including phenoxy) is 2. The molecule has 3 heterocycles. The Balaban J connectivity index is 1.67. The van der Waals surface area contributed by atoms with Gasteiger partial charge in [-0.1, -0.05) is 31.3 Å². The second-order valence-corrected chi connectivity index (χ2v) is 8.21. The van der Waals surface area contributed by atoms with Crippen LogP contribution in [-0.4, -0.2) is 48.7 Å². The molecule has 1 aromatic carbocycles. The number of methoxy groups -OCH3 is 1. The van der Waals surface area contributed by atoms with Crippen LogP contribution in [0.3, 0.4) is 0 Å². The second kappa shape index (κ2) is 6.14. The summed E-state index contributed by atoms with van der Waals surface area (Å²) in [6.45, 7) is 6.39. The quantitative estimate of drug-likeness (QED) is 0.903. The molecule has 0 bridgehead atoms. The normalized spacial score (nSPS) is 24.8. The molecule has 6 nitrogen and oxygen atoms in total. The van der Waals surface area contributed by atoms with Gasteiger partial charge in [-0.15, -0.1) is 10.2 Å². The van der Waals surface area contributed by atoms with Crippen LogP contribution < -0.4 is 14.4 Å². The van der Waals surface area contributed by atoms with E-state index in [0.717, 1.165) is 40.3 Å². The van der Waals surface area contributed by atoms with Crippen molar-refractivity contribution in [1.82, 2.24) is 10.2 Å². The average Bonchev–Trinajstić information content (AvgIpc) is 3.26. The number of aromatic nitrogens is 2. The fourth-order valence-corrected chi connectivity index (χ4v) is 4.61. The zero-order chi connectivity index (χ0) is 17.6. The number of rotatable bonds is 4. The highest BCUT2D eigenvalue weighted by Gasteiger charge is 2.51. The van der Waals surface area contributed by atoms with E-state index in [9.17, 15) is 5.11 Å². The van der Waals surface area contributed by atoms with E-state index in [2.05, 4.69) is 35.0 Å². The van der Waals surface area contributed by atoms with Gasteiger partial charge in [0.25, 0.3) is 0 Å². The number of fused-ring (bicyclic) bond motifs is 3. The van der Waals surface area contributed by atoms with Gasteiger partial charge >= 0.3 is 0 Å². The van der Waals surface area contributed by atoms with Crippen LogP contribution in [0.2, 0.25) is 0 Å². The van der Waals surface area contributed by atoms with Crippen LogP contribution in [0, 0.1) is 5.41 Å². The van der Waals surface area contributed by atoms with Crippen molar-refractivity contribution in [2.24, 2.45) is 5.41 Å². The molecule has 1 aromatic heterocycles. The second-order valence-electron chi connectivity index (χ2n) is 7.22. The van der Waals surface area contributed by atoms with E-state index in [1.807, 2.05) is 12.1 Å². The first-order chi connectivity index (χ1) is 12.1. The fourth-order valence-electron chi connectivity index (χ4n) is 3.76. The number of aliphatic hydroxyl groups is 1. The third kappa shape index (κ3) is 2.66. The van der Waals surface area contributed by atoms with E-state index >= 15 is 0 Å². The Bertz CT molecular complexity index is 779. The first-order valence-corrected chi connectivity index (χ1v) is 9.38. The number of benzene rings is 1. The molecule has 7 heteroatoms. The minimum Gasteiger partial charge on any atom is -0.497 e. The minimum atomic E-state index is -0.300. The fraction of sp³-hybridized carbons (Fsp3) is 0.556. The van der Waals surface area contributed by atoms with Gasteiger partial charge in [0.2, 0.25) is 5.13 Å². The van der Waals surface area contributed by atoms with Gasteiger partial charge in [-0.05, 0) is 6.07 Å². The summed E-state index contributed by atoms with van der Waals surface area (Å²) >= 11 is 1.64. The van der Waals surface area contributed by atoms with E-state index in [4.69, 9.17) is 9.47 Å². The molecule has 0 aliphatic carbocycles. The molecule has 2 aliphatic rings. The molecule has 0 unspecified atom stereocenters. The SMILES string of the molecule is COc1ccc2c(c1)OC[C@]1(CO)CN(c3nnc(C(C)C)s3)C[C@H]21. The van der Waals surface area contributed by atoms with Crippen molar-refractivity contribution in [1.29, 1.82) is 0 Å². The van der Waals surface area contributed by atoms with Crippen molar-refractivity contribution in [3.63, 3.8) is 0 Å². The van der Waals surface area contributed by atoms with Gasteiger partial charge < -0.3 is 19.5 Å². The first-order valence-electron chi connectivity index (χ1n) is 8.56. The van der Waals surface area contributed by atoms with Crippen molar-refractivity contribution < 1.29 is 14.6 Å². The molecule has 0 saturated carbocycles. The highest BCUT2D eigenvalue weighted by atomic mass is 32.1. The molecule has 2 atom stereocenters. The molecule has 25 heavy (non-hydrogen) atoms. The highest BCUT2D eigenvalue weighted by molar-refractivity contribution is 7.15. The summed E-state index contributed by atoms with van der Waals surface area (Å²) in [6.07, 6.45) is 0. The van der Waals surface area contributed by atoms with E-state index < -0.39 is 0 Å². The van der Waals surface area contributed by atoms with E-state index in [-0.39, 0.29) is 17.9 Å². The van der Waals surface area contributed by atoms with Gasteiger partial charge in [-0.3, -0.25) is 0 Å². The third-order valence-electron chi connectivity index (χ3n) is 5.27. The monoisotopic (exact) mass is 361 g/mol. The van der Waals surface area contributed by atoms with Crippen molar-refractivity contribution in [2.75, 3.05) is 38.3 Å². The van der Waals surface area contributed by atoms with E-state index in [0.29, 0.717) is 12.5 Å². The van der Waals surface area contributed by atoms with Gasteiger partial charge in [0.05, 0.1) is 25.7 Å². The number of nitrogens with zero attached hydrogens (tertiary/aromatic N) is 3. The minimum absolute atomic E-state index is 0.0927. The molecular weight excluding hydrogens is 338 g/mol. The molecular formula is C18H23N3O3S. The Morgan fingerprint density at radius 3 is 2.96 bits per heavy atom. The summed E-state index contributed by atoms with van der Waals surface area (Å²) < 4.78 is 11.3. The predicted octanol–water partition coefficient (Wildman–Crippen LogP) is 2.65. The Hall–Kier alpha value is -1.86. The van der Waals surface area contributed by atoms with Gasteiger partial charge in [0, 0.05) is 36.6 Å². The molecule has 1 N–H and O–H groups in total. The zero-order valence-corrected chi connectivity index (χ0v) is 15.5. The Morgan fingerprint density at radius 1 is 1.44 bits per heavy atom. The maximum absolute atomic E-state index is 10.2. The summed E-state index contributed by atoms with van der Waals surface area (Å²) in [5.74, 6) is 2.23. The molecule has 0 spiro atoms. The number of anilines is 1. The standard InChI is InChI=1S/C18H23N3O3S/c1-11(2)16-19-20-17(25-16)21-7-14-13-5-4-12(23-3)6-15(13)24-10-18(14,8-21)9-22/h4-6,11,14,22H,7-10H2,1-3H3/t14-,18-/m1/s1. The van der Waals surface area contributed by atoms with Gasteiger partial charge in [-0.25, -0.2) is 0 Å². The lowest BCUT2D eigenvalue weighted by Crippen LogP contribution is -2.42. The summed E-state index contributed by atoms with van der Waals surface area (Å²) in [5, 5.41) is 20.8. The molecule has 2 aliphatic heterocycles. The van der Waals surface area contributed by atoms with Crippen LogP contribution in [0.1, 0.15) is 36.3 Å². The molecule has 0 radical (unpaired) electrons. The highest BCUT2D eigenvalue weighted by Crippen LogP contribution is 2.51. The van der Waals surface area contributed by atoms with Gasteiger partial charge in [0.1, 0.15) is 16.5 Å². The van der Waals surface area contributed by atoms with Crippen molar-refractivity contribution in [3.05, 3.63) is 28.8 Å². The molecule has 1 fully saturated rings. The summed E-state index contributed by atoms with van der Waals surface area (Å²) in [4.78, 5) is 2.24. The lowest BCUT2D eigenvalue weighted by molar-refractivity contribution is 0.0533. The number of aliphatic hydroxyl groups excluding tert-OH is 1. The van der Waals surface area contributed by atoms with Gasteiger partial charge in [0.15, 0.2) is 0 Å². The van der Waals surface area contributed by atoms with E-state index in [1.54, 1.807) is 18.4 Å². The lowest BCUT2D eigenvalue weighted by Gasteiger charge is -2.37. The van der Waals surface area contributed by atoms with Crippen LogP contribution in [-0.2, 0) is 0 Å². The molecule has 1 saturated heterocycles. The molecule has 134 valence electrons.